The molecule has 0 N–H and O–H groups in total. The number of unbranched alkanes of at least 4 members (excludes halogenated alkanes) is 1. The van der Waals surface area contributed by atoms with Crippen LogP contribution >= 0.6 is 0 Å². The molecular formula is C23H27N3O2. The number of hydrogen-bond donors (Lipinski definition) is 0. The van der Waals surface area contributed by atoms with Gasteiger partial charge >= 0.3 is 0 Å². The molecule has 5 heteroatoms. The third-order valence-corrected chi connectivity index (χ3v) is 5.57. The van der Waals surface area contributed by atoms with E-state index in [0.29, 0.717) is 13.0 Å². The average molecular weight is 377 g/mol. The van der Waals surface area contributed by atoms with Crippen molar-refractivity contribution in [3.8, 4) is 5.75 Å². The zero-order valence-electron chi connectivity index (χ0n) is 16.6. The van der Waals surface area contributed by atoms with Gasteiger partial charge in [0.2, 0.25) is 5.91 Å². The SMILES string of the molecule is CCCCN1C[C@H](c2nc3ccccc3n2Cc2ccccc2OC)CC1=O. The molecule has 0 radical (unpaired) electrons. The fourth-order valence-electron chi connectivity index (χ4n) is 4.09. The number of aromatic nitrogens is 2. The molecule has 1 aromatic heterocycles. The highest BCUT2D eigenvalue weighted by Crippen LogP contribution is 2.32. The van der Waals surface area contributed by atoms with Gasteiger partial charge in [-0.05, 0) is 24.6 Å². The highest BCUT2D eigenvalue weighted by molar-refractivity contribution is 5.81. The third kappa shape index (κ3) is 3.49. The number of methoxy groups -OCH3 is 1. The first-order valence-electron chi connectivity index (χ1n) is 10.1. The summed E-state index contributed by atoms with van der Waals surface area (Å²) in [6, 6.07) is 16.3. The summed E-state index contributed by atoms with van der Waals surface area (Å²) in [6.45, 7) is 4.44. The van der Waals surface area contributed by atoms with Crippen LogP contribution in [0.2, 0.25) is 0 Å². The Morgan fingerprint density at radius 2 is 1.93 bits per heavy atom. The van der Waals surface area contributed by atoms with Crippen LogP contribution in [0.4, 0.5) is 0 Å². The van der Waals surface area contributed by atoms with E-state index >= 15 is 0 Å². The van der Waals surface area contributed by atoms with Gasteiger partial charge in [0.1, 0.15) is 11.6 Å². The molecule has 1 aliphatic heterocycles. The predicted octanol–water partition coefficient (Wildman–Crippen LogP) is 4.21. The zero-order valence-corrected chi connectivity index (χ0v) is 16.6. The minimum atomic E-state index is 0.131. The van der Waals surface area contributed by atoms with Crippen molar-refractivity contribution in [1.82, 2.24) is 14.5 Å². The molecule has 5 nitrogen and oxygen atoms in total. The Balaban J connectivity index is 1.71. The number of hydrogen-bond acceptors (Lipinski definition) is 3. The summed E-state index contributed by atoms with van der Waals surface area (Å²) in [7, 11) is 1.70. The van der Waals surface area contributed by atoms with Gasteiger partial charge in [0.15, 0.2) is 0 Å². The van der Waals surface area contributed by atoms with E-state index in [1.165, 1.54) is 0 Å². The smallest absolute Gasteiger partial charge is 0.223 e. The van der Waals surface area contributed by atoms with Crippen LogP contribution in [0.25, 0.3) is 11.0 Å². The number of nitrogens with zero attached hydrogens (tertiary/aromatic N) is 3. The van der Waals surface area contributed by atoms with Crippen LogP contribution in [0, 0.1) is 0 Å². The summed E-state index contributed by atoms with van der Waals surface area (Å²) >= 11 is 0. The Morgan fingerprint density at radius 1 is 1.14 bits per heavy atom. The molecule has 2 aromatic carbocycles. The minimum absolute atomic E-state index is 0.131. The first kappa shape index (κ1) is 18.5. The van der Waals surface area contributed by atoms with Gasteiger partial charge in [-0.3, -0.25) is 4.79 Å². The largest absolute Gasteiger partial charge is 0.496 e. The summed E-state index contributed by atoms with van der Waals surface area (Å²) in [6.07, 6.45) is 2.69. The standard InChI is InChI=1S/C23H27N3O2/c1-3-4-13-25-15-18(14-22(25)27)23-24-19-10-6-7-11-20(19)26(23)16-17-9-5-8-12-21(17)28-2/h5-12,18H,3-4,13-16H2,1-2H3/t18-/m1/s1. The number of amides is 1. The number of rotatable bonds is 7. The molecule has 1 saturated heterocycles. The van der Waals surface area contributed by atoms with Gasteiger partial charge in [-0.25, -0.2) is 4.98 Å². The second-order valence-corrected chi connectivity index (χ2v) is 7.45. The maximum Gasteiger partial charge on any atom is 0.223 e. The predicted molar refractivity (Wildman–Crippen MR) is 111 cm³/mol. The quantitative estimate of drug-likeness (QED) is 0.620. The van der Waals surface area contributed by atoms with E-state index in [1.807, 2.05) is 41.3 Å². The Bertz CT molecular complexity index is 979. The molecule has 0 bridgehead atoms. The van der Waals surface area contributed by atoms with E-state index < -0.39 is 0 Å². The van der Waals surface area contributed by atoms with Crippen LogP contribution in [0.5, 0.6) is 5.75 Å². The second-order valence-electron chi connectivity index (χ2n) is 7.45. The molecule has 0 spiro atoms. The summed E-state index contributed by atoms with van der Waals surface area (Å²) in [5, 5.41) is 0. The number of carbonyl (C=O) groups excluding carboxylic acids is 1. The second kappa shape index (κ2) is 8.05. The summed E-state index contributed by atoms with van der Waals surface area (Å²) in [5.74, 6) is 2.25. The molecule has 2 heterocycles. The molecule has 1 amide bonds. The van der Waals surface area contributed by atoms with Crippen LogP contribution in [-0.4, -0.2) is 40.6 Å². The van der Waals surface area contributed by atoms with Gasteiger partial charge < -0.3 is 14.2 Å². The van der Waals surface area contributed by atoms with E-state index in [2.05, 4.69) is 23.6 Å². The molecule has 0 unspecified atom stereocenters. The lowest BCUT2D eigenvalue weighted by atomic mass is 10.1. The number of imidazole rings is 1. The molecule has 28 heavy (non-hydrogen) atoms. The van der Waals surface area contributed by atoms with Gasteiger partial charge in [-0.15, -0.1) is 0 Å². The molecule has 1 atom stereocenters. The number of carbonyl (C=O) groups is 1. The monoisotopic (exact) mass is 377 g/mol. The minimum Gasteiger partial charge on any atom is -0.496 e. The molecule has 1 fully saturated rings. The molecule has 0 aliphatic carbocycles. The third-order valence-electron chi connectivity index (χ3n) is 5.57. The van der Waals surface area contributed by atoms with Crippen molar-refractivity contribution in [1.29, 1.82) is 0 Å². The fourth-order valence-corrected chi connectivity index (χ4v) is 4.09. The first-order valence-corrected chi connectivity index (χ1v) is 10.1. The van der Waals surface area contributed by atoms with E-state index in [0.717, 1.165) is 54.1 Å². The van der Waals surface area contributed by atoms with Crippen LogP contribution < -0.4 is 4.74 Å². The van der Waals surface area contributed by atoms with Gasteiger partial charge in [0.05, 0.1) is 24.7 Å². The summed E-state index contributed by atoms with van der Waals surface area (Å²) in [5.41, 5.74) is 3.19. The van der Waals surface area contributed by atoms with Crippen LogP contribution in [0.1, 0.15) is 43.5 Å². The molecular weight excluding hydrogens is 350 g/mol. The fraction of sp³-hybridized carbons (Fsp3) is 0.391. The van der Waals surface area contributed by atoms with E-state index in [1.54, 1.807) is 7.11 Å². The van der Waals surface area contributed by atoms with Crippen molar-refractivity contribution in [3.05, 3.63) is 59.9 Å². The van der Waals surface area contributed by atoms with Crippen molar-refractivity contribution >= 4 is 16.9 Å². The summed E-state index contributed by atoms with van der Waals surface area (Å²) in [4.78, 5) is 19.5. The van der Waals surface area contributed by atoms with Crippen LogP contribution in [0.15, 0.2) is 48.5 Å². The molecule has 1 aliphatic rings. The van der Waals surface area contributed by atoms with E-state index in [4.69, 9.17) is 9.72 Å². The lowest BCUT2D eigenvalue weighted by Crippen LogP contribution is -2.26. The maximum absolute atomic E-state index is 12.5. The van der Waals surface area contributed by atoms with Crippen molar-refractivity contribution in [2.75, 3.05) is 20.2 Å². The average Bonchev–Trinajstić information content (AvgIpc) is 3.27. The normalized spacial score (nSPS) is 16.9. The van der Waals surface area contributed by atoms with Crippen LogP contribution in [0.3, 0.4) is 0 Å². The maximum atomic E-state index is 12.5. The van der Waals surface area contributed by atoms with E-state index in [9.17, 15) is 4.79 Å². The Kier molecular flexibility index (Phi) is 5.33. The van der Waals surface area contributed by atoms with Crippen LogP contribution in [-0.2, 0) is 11.3 Å². The Morgan fingerprint density at radius 3 is 2.75 bits per heavy atom. The first-order chi connectivity index (χ1) is 13.7. The number of ether oxygens (including phenoxy) is 1. The zero-order chi connectivity index (χ0) is 19.5. The molecule has 4 rings (SSSR count). The summed E-state index contributed by atoms with van der Waals surface area (Å²) < 4.78 is 7.81. The molecule has 3 aromatic rings. The van der Waals surface area contributed by atoms with Crippen molar-refractivity contribution < 1.29 is 9.53 Å². The number of para-hydroxylation sites is 3. The van der Waals surface area contributed by atoms with Gasteiger partial charge in [-0.2, -0.15) is 0 Å². The topological polar surface area (TPSA) is 47.4 Å². The lowest BCUT2D eigenvalue weighted by Gasteiger charge is -2.17. The number of fused-ring (bicyclic) bond motifs is 1. The van der Waals surface area contributed by atoms with Gasteiger partial charge in [-0.1, -0.05) is 43.7 Å². The Labute approximate surface area is 165 Å². The van der Waals surface area contributed by atoms with E-state index in [-0.39, 0.29) is 11.8 Å². The van der Waals surface area contributed by atoms with Gasteiger partial charge in [0, 0.05) is 31.0 Å². The highest BCUT2D eigenvalue weighted by Gasteiger charge is 2.33. The lowest BCUT2D eigenvalue weighted by molar-refractivity contribution is -0.127. The Hall–Kier alpha value is -2.82. The number of likely N-dealkylation sites (tertiary alicyclic amines) is 1. The molecule has 0 saturated carbocycles. The highest BCUT2D eigenvalue weighted by atomic mass is 16.5. The van der Waals surface area contributed by atoms with Gasteiger partial charge in [0.25, 0.3) is 0 Å². The van der Waals surface area contributed by atoms with Crippen molar-refractivity contribution in [2.24, 2.45) is 0 Å². The van der Waals surface area contributed by atoms with Crippen molar-refractivity contribution in [3.63, 3.8) is 0 Å². The van der Waals surface area contributed by atoms with Crippen molar-refractivity contribution in [2.45, 2.75) is 38.6 Å². The number of benzene rings is 2. The molecule has 146 valence electrons.